The molecule has 3 N–H and O–H groups in total. The number of fused-ring (bicyclic) bond motifs is 3. The van der Waals surface area contributed by atoms with Gasteiger partial charge in [0.05, 0.1) is 6.54 Å². The van der Waals surface area contributed by atoms with E-state index >= 15 is 0 Å². The molecule has 0 heterocycles. The molecule has 2 amide bonds. The molecule has 0 fully saturated rings. The van der Waals surface area contributed by atoms with E-state index in [4.69, 9.17) is 9.84 Å². The summed E-state index contributed by atoms with van der Waals surface area (Å²) in [4.78, 5) is 35.0. The van der Waals surface area contributed by atoms with Gasteiger partial charge in [0.2, 0.25) is 0 Å². The van der Waals surface area contributed by atoms with Crippen molar-refractivity contribution in [3.63, 3.8) is 0 Å². The van der Waals surface area contributed by atoms with Crippen LogP contribution >= 0.6 is 0 Å². The number of hydrogen-bond acceptors (Lipinski definition) is 4. The molecular weight excluding hydrogens is 432 g/mol. The number of carbonyl (C=O) groups excluding carboxylic acids is 2. The first-order valence-electron chi connectivity index (χ1n) is 11.4. The molecule has 7 heteroatoms. The second-order valence-corrected chi connectivity index (χ2v) is 8.78. The zero-order chi connectivity index (χ0) is 24.5. The maximum Gasteiger partial charge on any atom is 0.407 e. The standard InChI is InChI=1S/C27H30N2O5/c1-18(2)14-19(15-26(31)32)16-29-25(30)12-7-13-28-27(33)34-17-24-22-10-5-3-8-20(22)21-9-4-6-11-23(21)24/h3-6,8-11,18-19,24H,13-17H2,1-2H3,(H,28,33)(H,29,30)(H,31,32). The van der Waals surface area contributed by atoms with Gasteiger partial charge in [-0.3, -0.25) is 9.59 Å². The lowest BCUT2D eigenvalue weighted by Crippen LogP contribution is -2.30. The van der Waals surface area contributed by atoms with Crippen molar-refractivity contribution in [3.8, 4) is 23.0 Å². The van der Waals surface area contributed by atoms with E-state index < -0.39 is 18.0 Å². The molecule has 0 saturated heterocycles. The first-order valence-corrected chi connectivity index (χ1v) is 11.4. The SMILES string of the molecule is CC(C)CC(CNC(=O)C#CCNC(=O)OCC1c2ccccc2-c2ccccc21)CC(=O)O. The Balaban J connectivity index is 1.43. The van der Waals surface area contributed by atoms with Crippen LogP contribution in [0.2, 0.25) is 0 Å². The van der Waals surface area contributed by atoms with E-state index in [-0.39, 0.29) is 38.0 Å². The normalized spacial score (nSPS) is 12.7. The second-order valence-electron chi connectivity index (χ2n) is 8.78. The number of nitrogens with one attached hydrogen (secondary N) is 2. The van der Waals surface area contributed by atoms with Crippen LogP contribution in [0.25, 0.3) is 11.1 Å². The number of amides is 2. The minimum Gasteiger partial charge on any atom is -0.481 e. The molecule has 0 bridgehead atoms. The number of aliphatic carboxylic acids is 1. The molecular formula is C27H30N2O5. The molecule has 0 aromatic heterocycles. The Bertz CT molecular complexity index is 1050. The smallest absolute Gasteiger partial charge is 0.407 e. The Morgan fingerprint density at radius 3 is 2.21 bits per heavy atom. The van der Waals surface area contributed by atoms with Crippen LogP contribution in [0.1, 0.15) is 43.7 Å². The van der Waals surface area contributed by atoms with Crippen LogP contribution < -0.4 is 10.6 Å². The summed E-state index contributed by atoms with van der Waals surface area (Å²) >= 11 is 0. The van der Waals surface area contributed by atoms with Gasteiger partial charge in [0.1, 0.15) is 6.61 Å². The quantitative estimate of drug-likeness (QED) is 0.492. The van der Waals surface area contributed by atoms with Crippen molar-refractivity contribution in [1.29, 1.82) is 0 Å². The number of rotatable bonds is 9. The Labute approximate surface area is 199 Å². The topological polar surface area (TPSA) is 105 Å². The predicted molar refractivity (Wildman–Crippen MR) is 129 cm³/mol. The fourth-order valence-electron chi connectivity index (χ4n) is 4.32. The van der Waals surface area contributed by atoms with Crippen molar-refractivity contribution in [2.24, 2.45) is 11.8 Å². The summed E-state index contributed by atoms with van der Waals surface area (Å²) in [5.74, 6) is 3.75. The second kappa shape index (κ2) is 11.9. The molecule has 1 aliphatic rings. The fraction of sp³-hybridized carbons (Fsp3) is 0.370. The van der Waals surface area contributed by atoms with Crippen molar-refractivity contribution in [2.75, 3.05) is 19.7 Å². The molecule has 0 aliphatic heterocycles. The molecule has 178 valence electrons. The monoisotopic (exact) mass is 462 g/mol. The van der Waals surface area contributed by atoms with Crippen LogP contribution in [0.5, 0.6) is 0 Å². The molecule has 3 rings (SSSR count). The molecule has 1 atom stereocenters. The first-order chi connectivity index (χ1) is 16.3. The average Bonchev–Trinajstić information content (AvgIpc) is 3.12. The number of hydrogen-bond donors (Lipinski definition) is 3. The third kappa shape index (κ3) is 6.85. The van der Waals surface area contributed by atoms with E-state index in [0.717, 1.165) is 22.3 Å². The molecule has 34 heavy (non-hydrogen) atoms. The van der Waals surface area contributed by atoms with Gasteiger partial charge in [-0.05, 0) is 46.4 Å². The summed E-state index contributed by atoms with van der Waals surface area (Å²) in [7, 11) is 0. The summed E-state index contributed by atoms with van der Waals surface area (Å²) < 4.78 is 5.43. The Morgan fingerprint density at radius 2 is 1.62 bits per heavy atom. The van der Waals surface area contributed by atoms with Gasteiger partial charge in [-0.15, -0.1) is 0 Å². The zero-order valence-corrected chi connectivity index (χ0v) is 19.5. The lowest BCUT2D eigenvalue weighted by Gasteiger charge is -2.16. The van der Waals surface area contributed by atoms with E-state index in [1.165, 1.54) is 0 Å². The summed E-state index contributed by atoms with van der Waals surface area (Å²) in [6.45, 7) is 4.43. The maximum atomic E-state index is 12.1. The number of alkyl carbamates (subject to hydrolysis) is 1. The fourth-order valence-corrected chi connectivity index (χ4v) is 4.32. The van der Waals surface area contributed by atoms with Crippen molar-refractivity contribution < 1.29 is 24.2 Å². The van der Waals surface area contributed by atoms with E-state index in [1.807, 2.05) is 50.2 Å². The molecule has 2 aromatic rings. The minimum atomic E-state index is -0.890. The highest BCUT2D eigenvalue weighted by Crippen LogP contribution is 2.44. The summed E-state index contributed by atoms with van der Waals surface area (Å²) in [6, 6.07) is 16.2. The molecule has 0 saturated carbocycles. The predicted octanol–water partition coefficient (Wildman–Crippen LogP) is 3.78. The average molecular weight is 463 g/mol. The summed E-state index contributed by atoms with van der Waals surface area (Å²) in [6.07, 6.45) is 0.0912. The molecule has 0 radical (unpaired) electrons. The van der Waals surface area contributed by atoms with E-state index in [0.29, 0.717) is 12.3 Å². The van der Waals surface area contributed by atoms with Crippen LogP contribution in [-0.2, 0) is 14.3 Å². The van der Waals surface area contributed by atoms with E-state index in [2.05, 4.69) is 34.6 Å². The highest BCUT2D eigenvalue weighted by atomic mass is 16.5. The van der Waals surface area contributed by atoms with Gasteiger partial charge in [-0.25, -0.2) is 4.79 Å². The van der Waals surface area contributed by atoms with Gasteiger partial charge in [0, 0.05) is 18.9 Å². The van der Waals surface area contributed by atoms with E-state index in [1.54, 1.807) is 0 Å². The number of ether oxygens (including phenoxy) is 1. The lowest BCUT2D eigenvalue weighted by molar-refractivity contribution is -0.138. The molecule has 1 unspecified atom stereocenters. The third-order valence-corrected chi connectivity index (χ3v) is 5.69. The molecule has 7 nitrogen and oxygen atoms in total. The van der Waals surface area contributed by atoms with Crippen molar-refractivity contribution in [1.82, 2.24) is 10.6 Å². The van der Waals surface area contributed by atoms with Gasteiger partial charge in [-0.2, -0.15) is 0 Å². The number of carboxylic acid groups (broad SMARTS) is 1. The van der Waals surface area contributed by atoms with Crippen molar-refractivity contribution >= 4 is 18.0 Å². The maximum absolute atomic E-state index is 12.1. The van der Waals surface area contributed by atoms with Gasteiger partial charge in [0.15, 0.2) is 0 Å². The van der Waals surface area contributed by atoms with Gasteiger partial charge >= 0.3 is 12.1 Å². The largest absolute Gasteiger partial charge is 0.481 e. The first kappa shape index (κ1) is 24.8. The highest BCUT2D eigenvalue weighted by molar-refractivity contribution is 5.93. The van der Waals surface area contributed by atoms with Crippen molar-refractivity contribution in [3.05, 3.63) is 59.7 Å². The summed E-state index contributed by atoms with van der Waals surface area (Å²) in [5, 5.41) is 14.2. The third-order valence-electron chi connectivity index (χ3n) is 5.69. The Hall–Kier alpha value is -3.79. The van der Waals surface area contributed by atoms with Gasteiger partial charge < -0.3 is 20.5 Å². The Morgan fingerprint density at radius 1 is 1.00 bits per heavy atom. The molecule has 0 spiro atoms. The van der Waals surface area contributed by atoms with Crippen LogP contribution in [0.4, 0.5) is 4.79 Å². The highest BCUT2D eigenvalue weighted by Gasteiger charge is 2.28. The van der Waals surface area contributed by atoms with Crippen LogP contribution in [0, 0.1) is 23.7 Å². The number of carbonyl (C=O) groups is 3. The zero-order valence-electron chi connectivity index (χ0n) is 19.5. The number of carboxylic acids is 1. The molecule has 1 aliphatic carbocycles. The van der Waals surface area contributed by atoms with E-state index in [9.17, 15) is 14.4 Å². The van der Waals surface area contributed by atoms with Crippen LogP contribution in [0.15, 0.2) is 48.5 Å². The minimum absolute atomic E-state index is 0.00473. The van der Waals surface area contributed by atoms with Gasteiger partial charge in [-0.1, -0.05) is 68.3 Å². The molecule has 2 aromatic carbocycles. The van der Waals surface area contributed by atoms with Crippen molar-refractivity contribution in [2.45, 2.75) is 32.6 Å². The lowest BCUT2D eigenvalue weighted by atomic mass is 9.94. The number of benzene rings is 2. The summed E-state index contributed by atoms with van der Waals surface area (Å²) in [5.41, 5.74) is 4.57. The van der Waals surface area contributed by atoms with Crippen LogP contribution in [0.3, 0.4) is 0 Å². The van der Waals surface area contributed by atoms with Crippen LogP contribution in [-0.4, -0.2) is 42.8 Å². The van der Waals surface area contributed by atoms with Gasteiger partial charge in [0.25, 0.3) is 5.91 Å². The Kier molecular flexibility index (Phi) is 8.69.